The number of fused-ring (bicyclic) bond motifs is 2. The van der Waals surface area contributed by atoms with Crippen LogP contribution in [-0.4, -0.2) is 30.8 Å². The molecule has 0 saturated carbocycles. The van der Waals surface area contributed by atoms with Gasteiger partial charge in [0.05, 0.1) is 19.1 Å². The fourth-order valence-electron chi connectivity index (χ4n) is 3.41. The largest absolute Gasteiger partial charge is 0.457 e. The lowest BCUT2D eigenvalue weighted by molar-refractivity contribution is -0.122. The van der Waals surface area contributed by atoms with Gasteiger partial charge in [0, 0.05) is 17.7 Å². The second kappa shape index (κ2) is 8.56. The molecule has 0 spiro atoms. The average molecular weight is 395 g/mol. The Morgan fingerprint density at radius 1 is 1.11 bits per heavy atom. The summed E-state index contributed by atoms with van der Waals surface area (Å²) in [6, 6.07) is 17.2. The zero-order valence-corrected chi connectivity index (χ0v) is 16.0. The van der Waals surface area contributed by atoms with Gasteiger partial charge < -0.3 is 19.9 Å². The Morgan fingerprint density at radius 3 is 2.39 bits per heavy atom. The Kier molecular flexibility index (Phi) is 5.71. The van der Waals surface area contributed by atoms with E-state index in [0.29, 0.717) is 18.0 Å². The van der Waals surface area contributed by atoms with Crippen molar-refractivity contribution in [2.75, 3.05) is 19.8 Å². The van der Waals surface area contributed by atoms with Crippen LogP contribution < -0.4 is 10.1 Å². The van der Waals surface area contributed by atoms with E-state index >= 15 is 0 Å². The summed E-state index contributed by atoms with van der Waals surface area (Å²) in [5.41, 5.74) is 2.69. The molecule has 0 aliphatic carbocycles. The Bertz CT molecular complexity index is 896. The molecule has 1 aliphatic heterocycles. The van der Waals surface area contributed by atoms with E-state index in [4.69, 9.17) is 14.6 Å². The second-order valence-electron chi connectivity index (χ2n) is 6.50. The van der Waals surface area contributed by atoms with Crippen molar-refractivity contribution in [3.8, 4) is 11.5 Å². The highest BCUT2D eigenvalue weighted by molar-refractivity contribution is 7.07. The predicted octanol–water partition coefficient (Wildman–Crippen LogP) is 3.85. The lowest BCUT2D eigenvalue weighted by Crippen LogP contribution is -2.35. The lowest BCUT2D eigenvalue weighted by atomic mass is 9.87. The number of ether oxygens (including phenoxy) is 2. The molecule has 144 valence electrons. The third-order valence-corrected chi connectivity index (χ3v) is 5.43. The number of hydrogen-bond acceptors (Lipinski definition) is 5. The van der Waals surface area contributed by atoms with Crippen molar-refractivity contribution in [3.05, 3.63) is 82.0 Å². The van der Waals surface area contributed by atoms with Gasteiger partial charge in [-0.2, -0.15) is 11.3 Å². The predicted molar refractivity (Wildman–Crippen MR) is 108 cm³/mol. The number of rotatable bonds is 7. The van der Waals surface area contributed by atoms with Crippen LogP contribution in [0.2, 0.25) is 0 Å². The van der Waals surface area contributed by atoms with Crippen molar-refractivity contribution in [1.82, 2.24) is 5.32 Å². The number of carbonyl (C=O) groups excluding carboxylic acids is 1. The maximum atomic E-state index is 13.2. The quantitative estimate of drug-likeness (QED) is 0.638. The second-order valence-corrected chi connectivity index (χ2v) is 7.28. The molecule has 2 heterocycles. The van der Waals surface area contributed by atoms with E-state index in [1.807, 2.05) is 65.4 Å². The van der Waals surface area contributed by atoms with Gasteiger partial charge in [-0.15, -0.1) is 0 Å². The van der Waals surface area contributed by atoms with E-state index in [2.05, 4.69) is 5.32 Å². The number of amides is 1. The normalized spacial score (nSPS) is 13.9. The minimum absolute atomic E-state index is 0.0602. The van der Waals surface area contributed by atoms with Gasteiger partial charge >= 0.3 is 0 Å². The molecule has 0 bridgehead atoms. The van der Waals surface area contributed by atoms with E-state index in [1.165, 1.54) is 0 Å². The minimum atomic E-state index is -0.442. The third kappa shape index (κ3) is 3.80. The molecule has 0 saturated heterocycles. The number of para-hydroxylation sites is 2. The Morgan fingerprint density at radius 2 is 1.79 bits per heavy atom. The number of benzene rings is 2. The van der Waals surface area contributed by atoms with Crippen LogP contribution in [0.1, 0.15) is 28.7 Å². The maximum Gasteiger partial charge on any atom is 0.232 e. The summed E-state index contributed by atoms with van der Waals surface area (Å²) >= 11 is 1.57. The van der Waals surface area contributed by atoms with Gasteiger partial charge in [0.25, 0.3) is 0 Å². The molecule has 0 unspecified atom stereocenters. The summed E-state index contributed by atoms with van der Waals surface area (Å²) in [4.78, 5) is 13.2. The monoisotopic (exact) mass is 395 g/mol. The number of hydrogen-bond donors (Lipinski definition) is 2. The molecule has 2 aromatic carbocycles. The Balaban J connectivity index is 1.56. The highest BCUT2D eigenvalue weighted by atomic mass is 32.1. The van der Waals surface area contributed by atoms with Crippen LogP contribution in [0.4, 0.5) is 0 Å². The first-order valence-corrected chi connectivity index (χ1v) is 10.1. The zero-order valence-electron chi connectivity index (χ0n) is 15.2. The molecule has 0 fully saturated rings. The van der Waals surface area contributed by atoms with Crippen LogP contribution in [0.25, 0.3) is 0 Å². The number of thiophene rings is 1. The standard InChI is InChI=1S/C22H21NO4S/c24-10-11-26-20(15-9-12-28-14-15)13-23-22(25)21-16-5-1-3-7-18(16)27-19-8-4-2-6-17(19)21/h1-9,12,14,20-21,24H,10-11,13H2,(H,23,25)/t20-/m1/s1. The highest BCUT2D eigenvalue weighted by Crippen LogP contribution is 2.43. The van der Waals surface area contributed by atoms with Gasteiger partial charge in [0.2, 0.25) is 5.91 Å². The first kappa shape index (κ1) is 18.7. The van der Waals surface area contributed by atoms with E-state index in [-0.39, 0.29) is 25.2 Å². The fraction of sp³-hybridized carbons (Fsp3) is 0.227. The summed E-state index contributed by atoms with van der Waals surface area (Å²) < 4.78 is 11.7. The maximum absolute atomic E-state index is 13.2. The molecule has 28 heavy (non-hydrogen) atoms. The molecular weight excluding hydrogens is 374 g/mol. The summed E-state index contributed by atoms with van der Waals surface area (Å²) in [6.07, 6.45) is -0.298. The zero-order chi connectivity index (χ0) is 19.3. The Labute approximate surface area is 167 Å². The Hall–Kier alpha value is -2.67. The van der Waals surface area contributed by atoms with Crippen LogP contribution in [0.3, 0.4) is 0 Å². The van der Waals surface area contributed by atoms with Crippen molar-refractivity contribution in [3.63, 3.8) is 0 Å². The lowest BCUT2D eigenvalue weighted by Gasteiger charge is -2.28. The van der Waals surface area contributed by atoms with Crippen molar-refractivity contribution in [1.29, 1.82) is 0 Å². The van der Waals surface area contributed by atoms with E-state index in [1.54, 1.807) is 11.3 Å². The molecule has 2 N–H and O–H groups in total. The van der Waals surface area contributed by atoms with Crippen molar-refractivity contribution < 1.29 is 19.4 Å². The molecule has 1 amide bonds. The molecular formula is C22H21NO4S. The first-order valence-electron chi connectivity index (χ1n) is 9.16. The van der Waals surface area contributed by atoms with Crippen molar-refractivity contribution >= 4 is 17.2 Å². The van der Waals surface area contributed by atoms with E-state index in [0.717, 1.165) is 16.7 Å². The molecule has 6 heteroatoms. The minimum Gasteiger partial charge on any atom is -0.457 e. The smallest absolute Gasteiger partial charge is 0.232 e. The molecule has 3 aromatic rings. The molecule has 4 rings (SSSR count). The molecule has 1 aromatic heterocycles. The van der Waals surface area contributed by atoms with Gasteiger partial charge in [-0.3, -0.25) is 4.79 Å². The molecule has 5 nitrogen and oxygen atoms in total. The van der Waals surface area contributed by atoms with Crippen LogP contribution in [0, 0.1) is 0 Å². The van der Waals surface area contributed by atoms with Crippen LogP contribution in [0.5, 0.6) is 11.5 Å². The van der Waals surface area contributed by atoms with Crippen LogP contribution in [-0.2, 0) is 9.53 Å². The van der Waals surface area contributed by atoms with Gasteiger partial charge in [-0.1, -0.05) is 36.4 Å². The fourth-order valence-corrected chi connectivity index (χ4v) is 4.12. The van der Waals surface area contributed by atoms with Gasteiger partial charge in [0.15, 0.2) is 0 Å². The summed E-state index contributed by atoms with van der Waals surface area (Å²) in [5, 5.41) is 16.1. The summed E-state index contributed by atoms with van der Waals surface area (Å²) in [7, 11) is 0. The highest BCUT2D eigenvalue weighted by Gasteiger charge is 2.32. The molecule has 1 aliphatic rings. The molecule has 1 atom stereocenters. The van der Waals surface area contributed by atoms with Gasteiger partial charge in [-0.05, 0) is 34.5 Å². The average Bonchev–Trinajstić information content (AvgIpc) is 3.26. The third-order valence-electron chi connectivity index (χ3n) is 4.73. The number of nitrogens with one attached hydrogen (secondary N) is 1. The van der Waals surface area contributed by atoms with Gasteiger partial charge in [-0.25, -0.2) is 0 Å². The van der Waals surface area contributed by atoms with E-state index < -0.39 is 5.92 Å². The van der Waals surface area contributed by atoms with Crippen molar-refractivity contribution in [2.45, 2.75) is 12.0 Å². The topological polar surface area (TPSA) is 67.8 Å². The number of aliphatic hydroxyl groups excluding tert-OH is 1. The SMILES string of the molecule is O=C(NC[C@@H](OCCO)c1ccsc1)C1c2ccccc2Oc2ccccc21. The first-order chi connectivity index (χ1) is 13.8. The van der Waals surface area contributed by atoms with Crippen LogP contribution >= 0.6 is 11.3 Å². The van der Waals surface area contributed by atoms with Crippen molar-refractivity contribution in [2.24, 2.45) is 0 Å². The molecule has 0 radical (unpaired) electrons. The number of carbonyl (C=O) groups is 1. The summed E-state index contributed by atoms with van der Waals surface area (Å²) in [6.45, 7) is 0.492. The van der Waals surface area contributed by atoms with Gasteiger partial charge in [0.1, 0.15) is 17.6 Å². The van der Waals surface area contributed by atoms with Crippen LogP contribution in [0.15, 0.2) is 65.4 Å². The van der Waals surface area contributed by atoms with E-state index in [9.17, 15) is 4.79 Å². The summed E-state index contributed by atoms with van der Waals surface area (Å²) in [5.74, 6) is 0.859. The number of aliphatic hydroxyl groups is 1.